The molecule has 1 amide bonds. The quantitative estimate of drug-likeness (QED) is 0.851. The van der Waals surface area contributed by atoms with Crippen LogP contribution in [0.15, 0.2) is 0 Å². The average Bonchev–Trinajstić information content (AvgIpc) is 2.61. The van der Waals surface area contributed by atoms with Gasteiger partial charge in [-0.2, -0.15) is 0 Å². The highest BCUT2D eigenvalue weighted by atomic mass is 16.6. The van der Waals surface area contributed by atoms with Gasteiger partial charge in [0.1, 0.15) is 5.60 Å². The first-order chi connectivity index (χ1) is 10.3. The molecule has 0 aromatic heterocycles. The predicted molar refractivity (Wildman–Crippen MR) is 89.1 cm³/mol. The minimum atomic E-state index is -0.423. The standard InChI is InChI=1S/C17H33N3O2/c1-17(2,3)22-16(21)18-14-7-5-8-15(13-14)20-10-6-9-19(4)11-12-20/h14-15H,5-13H2,1-4H3,(H,18,21)/t14-,15-/m1/s1. The van der Waals surface area contributed by atoms with Crippen LogP contribution in [0, 0.1) is 0 Å². The fraction of sp³-hybridized carbons (Fsp3) is 0.941. The molecule has 0 radical (unpaired) electrons. The predicted octanol–water partition coefficient (Wildman–Crippen LogP) is 2.46. The smallest absolute Gasteiger partial charge is 0.407 e. The van der Waals surface area contributed by atoms with Crippen molar-refractivity contribution in [2.24, 2.45) is 0 Å². The Morgan fingerprint density at radius 1 is 1.09 bits per heavy atom. The number of hydrogen-bond acceptors (Lipinski definition) is 4. The third-order valence-corrected chi connectivity index (χ3v) is 4.64. The molecule has 2 atom stereocenters. The Labute approximate surface area is 135 Å². The fourth-order valence-corrected chi connectivity index (χ4v) is 3.53. The van der Waals surface area contributed by atoms with Crippen molar-refractivity contribution in [2.45, 2.75) is 70.6 Å². The van der Waals surface area contributed by atoms with Crippen molar-refractivity contribution in [1.29, 1.82) is 0 Å². The molecule has 1 N–H and O–H groups in total. The molecule has 0 aromatic rings. The Morgan fingerprint density at radius 3 is 2.59 bits per heavy atom. The molecule has 2 rings (SSSR count). The second-order valence-corrected chi connectivity index (χ2v) is 7.86. The minimum absolute atomic E-state index is 0.259. The van der Waals surface area contributed by atoms with Crippen molar-refractivity contribution >= 4 is 6.09 Å². The van der Waals surface area contributed by atoms with E-state index in [2.05, 4.69) is 22.2 Å². The summed E-state index contributed by atoms with van der Waals surface area (Å²) in [5.41, 5.74) is -0.423. The third kappa shape index (κ3) is 5.76. The van der Waals surface area contributed by atoms with E-state index in [0.29, 0.717) is 6.04 Å². The maximum absolute atomic E-state index is 12.0. The molecular weight excluding hydrogens is 278 g/mol. The van der Waals surface area contributed by atoms with E-state index in [-0.39, 0.29) is 12.1 Å². The van der Waals surface area contributed by atoms with Crippen molar-refractivity contribution in [2.75, 3.05) is 33.2 Å². The molecule has 5 heteroatoms. The van der Waals surface area contributed by atoms with Crippen LogP contribution in [0.5, 0.6) is 0 Å². The molecule has 2 aliphatic rings. The molecule has 0 unspecified atom stereocenters. The number of rotatable bonds is 2. The topological polar surface area (TPSA) is 44.8 Å². The van der Waals surface area contributed by atoms with Crippen molar-refractivity contribution in [1.82, 2.24) is 15.1 Å². The van der Waals surface area contributed by atoms with Crippen LogP contribution < -0.4 is 5.32 Å². The zero-order valence-electron chi connectivity index (χ0n) is 14.7. The van der Waals surface area contributed by atoms with Crippen LogP contribution in [-0.4, -0.2) is 66.8 Å². The largest absolute Gasteiger partial charge is 0.444 e. The second kappa shape index (κ2) is 7.64. The first-order valence-corrected chi connectivity index (χ1v) is 8.75. The van der Waals surface area contributed by atoms with Gasteiger partial charge in [0.25, 0.3) is 0 Å². The highest BCUT2D eigenvalue weighted by molar-refractivity contribution is 5.68. The maximum Gasteiger partial charge on any atom is 0.407 e. The SMILES string of the molecule is CN1CCCN([C@@H]2CCC[C@@H](NC(=O)OC(C)(C)C)C2)CC1. The summed E-state index contributed by atoms with van der Waals surface area (Å²) in [6.07, 6.45) is 5.56. The summed E-state index contributed by atoms with van der Waals surface area (Å²) in [4.78, 5) is 17.0. The first-order valence-electron chi connectivity index (χ1n) is 8.75. The molecular formula is C17H33N3O2. The molecule has 1 saturated heterocycles. The van der Waals surface area contributed by atoms with Gasteiger partial charge in [0.15, 0.2) is 0 Å². The van der Waals surface area contributed by atoms with E-state index in [0.717, 1.165) is 25.9 Å². The lowest BCUT2D eigenvalue weighted by Crippen LogP contribution is -2.47. The summed E-state index contributed by atoms with van der Waals surface area (Å²) in [5, 5.41) is 3.07. The minimum Gasteiger partial charge on any atom is -0.444 e. The molecule has 1 aliphatic carbocycles. The summed E-state index contributed by atoms with van der Waals surface area (Å²) in [6.45, 7) is 10.4. The van der Waals surface area contributed by atoms with E-state index in [1.165, 1.54) is 32.4 Å². The molecule has 0 bridgehead atoms. The van der Waals surface area contributed by atoms with Crippen LogP contribution in [0.25, 0.3) is 0 Å². The maximum atomic E-state index is 12.0. The normalized spacial score (nSPS) is 28.9. The highest BCUT2D eigenvalue weighted by Gasteiger charge is 2.29. The number of hydrogen-bond donors (Lipinski definition) is 1. The third-order valence-electron chi connectivity index (χ3n) is 4.64. The van der Waals surface area contributed by atoms with Gasteiger partial charge in [0.05, 0.1) is 0 Å². The second-order valence-electron chi connectivity index (χ2n) is 7.86. The molecule has 1 saturated carbocycles. The van der Waals surface area contributed by atoms with Crippen LogP contribution in [0.4, 0.5) is 4.79 Å². The van der Waals surface area contributed by atoms with Gasteiger partial charge in [-0.3, -0.25) is 4.90 Å². The van der Waals surface area contributed by atoms with E-state index in [1.807, 2.05) is 20.8 Å². The van der Waals surface area contributed by atoms with Crippen molar-refractivity contribution < 1.29 is 9.53 Å². The summed E-state index contributed by atoms with van der Waals surface area (Å²) >= 11 is 0. The van der Waals surface area contributed by atoms with Crippen LogP contribution >= 0.6 is 0 Å². The number of nitrogens with one attached hydrogen (secondary N) is 1. The molecule has 2 fully saturated rings. The van der Waals surface area contributed by atoms with E-state index >= 15 is 0 Å². The molecule has 0 aromatic carbocycles. The van der Waals surface area contributed by atoms with Gasteiger partial charge >= 0.3 is 6.09 Å². The summed E-state index contributed by atoms with van der Waals surface area (Å²) in [5.74, 6) is 0. The van der Waals surface area contributed by atoms with Crippen LogP contribution in [0.1, 0.15) is 52.9 Å². The van der Waals surface area contributed by atoms with Gasteiger partial charge in [0.2, 0.25) is 0 Å². The Hall–Kier alpha value is -0.810. The number of amides is 1. The molecule has 1 aliphatic heterocycles. The molecule has 128 valence electrons. The van der Waals surface area contributed by atoms with Crippen molar-refractivity contribution in [3.63, 3.8) is 0 Å². The molecule has 0 spiro atoms. The van der Waals surface area contributed by atoms with E-state index in [9.17, 15) is 4.79 Å². The first kappa shape index (κ1) is 17.5. The Bertz CT molecular complexity index is 367. The Kier molecular flexibility index (Phi) is 6.09. The fourth-order valence-electron chi connectivity index (χ4n) is 3.53. The average molecular weight is 311 g/mol. The number of nitrogens with zero attached hydrogens (tertiary/aromatic N) is 2. The van der Waals surface area contributed by atoms with E-state index in [1.54, 1.807) is 0 Å². The monoisotopic (exact) mass is 311 g/mol. The molecule has 22 heavy (non-hydrogen) atoms. The van der Waals surface area contributed by atoms with Crippen molar-refractivity contribution in [3.05, 3.63) is 0 Å². The van der Waals surface area contributed by atoms with Crippen molar-refractivity contribution in [3.8, 4) is 0 Å². The zero-order valence-corrected chi connectivity index (χ0v) is 14.7. The number of alkyl carbamates (subject to hydrolysis) is 1. The summed E-state index contributed by atoms with van der Waals surface area (Å²) < 4.78 is 5.38. The van der Waals surface area contributed by atoms with Crippen LogP contribution in [-0.2, 0) is 4.74 Å². The number of likely N-dealkylation sites (N-methyl/N-ethyl adjacent to an activating group) is 1. The molecule has 1 heterocycles. The van der Waals surface area contributed by atoms with Gasteiger partial charge in [-0.15, -0.1) is 0 Å². The van der Waals surface area contributed by atoms with Crippen LogP contribution in [0.2, 0.25) is 0 Å². The van der Waals surface area contributed by atoms with Gasteiger partial charge in [-0.25, -0.2) is 4.79 Å². The lowest BCUT2D eigenvalue weighted by atomic mass is 9.90. The van der Waals surface area contributed by atoms with E-state index < -0.39 is 5.60 Å². The lowest BCUT2D eigenvalue weighted by molar-refractivity contribution is 0.0470. The van der Waals surface area contributed by atoms with Gasteiger partial charge in [-0.05, 0) is 73.0 Å². The number of ether oxygens (including phenoxy) is 1. The number of carbonyl (C=O) groups excluding carboxylic acids is 1. The van der Waals surface area contributed by atoms with Gasteiger partial charge in [0, 0.05) is 25.2 Å². The van der Waals surface area contributed by atoms with E-state index in [4.69, 9.17) is 4.74 Å². The lowest BCUT2D eigenvalue weighted by Gasteiger charge is -2.37. The molecule has 5 nitrogen and oxygen atoms in total. The van der Waals surface area contributed by atoms with Crippen LogP contribution in [0.3, 0.4) is 0 Å². The highest BCUT2D eigenvalue weighted by Crippen LogP contribution is 2.24. The van der Waals surface area contributed by atoms with Gasteiger partial charge < -0.3 is 15.0 Å². The zero-order chi connectivity index (χ0) is 16.2. The summed E-state index contributed by atoms with van der Waals surface area (Å²) in [6, 6.07) is 0.870. The summed E-state index contributed by atoms with van der Waals surface area (Å²) in [7, 11) is 2.21. The van der Waals surface area contributed by atoms with Gasteiger partial charge in [-0.1, -0.05) is 0 Å². The Balaban J connectivity index is 1.82. The number of carbonyl (C=O) groups is 1. The Morgan fingerprint density at radius 2 is 1.86 bits per heavy atom.